The summed E-state index contributed by atoms with van der Waals surface area (Å²) in [5.74, 6) is 0.329. The van der Waals surface area contributed by atoms with E-state index in [0.717, 1.165) is 44.1 Å². The first kappa shape index (κ1) is 21.5. The number of nitrogen functional groups attached to an aromatic ring is 1. The van der Waals surface area contributed by atoms with E-state index < -0.39 is 0 Å². The molecule has 5 aromatic rings. The molecule has 0 fully saturated rings. The summed E-state index contributed by atoms with van der Waals surface area (Å²) >= 11 is 0. The molecule has 4 N–H and O–H groups in total. The molecule has 2 aromatic carbocycles. The number of rotatable bonds is 6. The third-order valence-electron chi connectivity index (χ3n) is 5.76. The third-order valence-corrected chi connectivity index (χ3v) is 5.76. The summed E-state index contributed by atoms with van der Waals surface area (Å²) in [4.78, 5) is 25.8. The van der Waals surface area contributed by atoms with Crippen LogP contribution in [-0.2, 0) is 19.6 Å². The number of hydrogen-bond acceptors (Lipinski definition) is 6. The van der Waals surface area contributed by atoms with Crippen LogP contribution in [0.1, 0.15) is 32.7 Å². The fourth-order valence-electron chi connectivity index (χ4n) is 3.99. The van der Waals surface area contributed by atoms with E-state index in [-0.39, 0.29) is 12.5 Å². The predicted octanol–water partition coefficient (Wildman–Crippen LogP) is 3.77. The standard InChI is InChI=1S/C27H23N5O2/c28-26-24-3-1-17(9-20(24)5-8-30-26)14-32-27(34)21-6-7-29-23(13-21)12-19-11-22-10-18(16-33)2-4-25(22)31-15-19/h1-11,13,15,33H,12,14,16H2,(H2,28,30)(H,32,34). The maximum atomic E-state index is 12.8. The second-order valence-electron chi connectivity index (χ2n) is 8.18. The molecular weight excluding hydrogens is 426 g/mol. The van der Waals surface area contributed by atoms with Crippen molar-refractivity contribution in [3.8, 4) is 0 Å². The number of benzene rings is 2. The summed E-state index contributed by atoms with van der Waals surface area (Å²) in [6.45, 7) is 0.389. The number of aliphatic hydroxyl groups is 1. The Morgan fingerprint density at radius 3 is 2.53 bits per heavy atom. The van der Waals surface area contributed by atoms with Gasteiger partial charge in [-0.3, -0.25) is 14.8 Å². The fraction of sp³-hybridized carbons (Fsp3) is 0.111. The lowest BCUT2D eigenvalue weighted by molar-refractivity contribution is 0.0950. The van der Waals surface area contributed by atoms with E-state index in [0.29, 0.717) is 24.3 Å². The SMILES string of the molecule is Nc1nccc2cc(CNC(=O)c3ccnc(Cc4cnc5ccc(CO)cc5c4)c3)ccc12. The summed E-state index contributed by atoms with van der Waals surface area (Å²) < 4.78 is 0. The quantitative estimate of drug-likeness (QED) is 0.364. The van der Waals surface area contributed by atoms with Crippen LogP contribution in [-0.4, -0.2) is 26.0 Å². The summed E-state index contributed by atoms with van der Waals surface area (Å²) in [5.41, 5.74) is 10.9. The maximum absolute atomic E-state index is 12.8. The van der Waals surface area contributed by atoms with Gasteiger partial charge >= 0.3 is 0 Å². The Morgan fingerprint density at radius 2 is 1.65 bits per heavy atom. The van der Waals surface area contributed by atoms with Crippen LogP contribution in [0.2, 0.25) is 0 Å². The minimum absolute atomic E-state index is 0.0106. The number of fused-ring (bicyclic) bond motifs is 2. The Kier molecular flexibility index (Phi) is 5.84. The van der Waals surface area contributed by atoms with Crippen molar-refractivity contribution in [2.45, 2.75) is 19.6 Å². The van der Waals surface area contributed by atoms with E-state index in [1.165, 1.54) is 0 Å². The van der Waals surface area contributed by atoms with Gasteiger partial charge in [-0.05, 0) is 64.5 Å². The van der Waals surface area contributed by atoms with Crippen LogP contribution < -0.4 is 11.1 Å². The lowest BCUT2D eigenvalue weighted by Crippen LogP contribution is -2.23. The Labute approximate surface area is 196 Å². The number of pyridine rings is 3. The van der Waals surface area contributed by atoms with Crippen molar-refractivity contribution in [1.29, 1.82) is 0 Å². The van der Waals surface area contributed by atoms with Gasteiger partial charge in [0.1, 0.15) is 5.82 Å². The van der Waals surface area contributed by atoms with Crippen LogP contribution in [0.5, 0.6) is 0 Å². The Balaban J connectivity index is 1.29. The van der Waals surface area contributed by atoms with Gasteiger partial charge in [-0.15, -0.1) is 0 Å². The van der Waals surface area contributed by atoms with Gasteiger partial charge in [-0.1, -0.05) is 18.2 Å². The number of aliphatic hydroxyl groups excluding tert-OH is 1. The Bertz CT molecular complexity index is 1520. The number of aromatic nitrogens is 3. The third kappa shape index (κ3) is 4.55. The topological polar surface area (TPSA) is 114 Å². The number of hydrogen-bond donors (Lipinski definition) is 3. The number of nitrogens with one attached hydrogen (secondary N) is 1. The van der Waals surface area contributed by atoms with Crippen LogP contribution in [0.3, 0.4) is 0 Å². The first-order valence-electron chi connectivity index (χ1n) is 10.9. The van der Waals surface area contributed by atoms with E-state index in [4.69, 9.17) is 5.73 Å². The van der Waals surface area contributed by atoms with E-state index in [1.807, 2.05) is 54.7 Å². The van der Waals surface area contributed by atoms with E-state index in [1.54, 1.807) is 24.5 Å². The van der Waals surface area contributed by atoms with E-state index in [9.17, 15) is 9.90 Å². The van der Waals surface area contributed by atoms with Gasteiger partial charge in [-0.25, -0.2) is 4.98 Å². The number of carbonyl (C=O) groups excluding carboxylic acids is 1. The number of amides is 1. The fourth-order valence-corrected chi connectivity index (χ4v) is 3.99. The molecule has 0 atom stereocenters. The summed E-state index contributed by atoms with van der Waals surface area (Å²) in [7, 11) is 0. The van der Waals surface area contributed by atoms with Gasteiger partial charge in [0.05, 0.1) is 12.1 Å². The summed E-state index contributed by atoms with van der Waals surface area (Å²) in [6, 6.07) is 19.0. The molecule has 0 aliphatic heterocycles. The maximum Gasteiger partial charge on any atom is 0.251 e. The second-order valence-corrected chi connectivity index (χ2v) is 8.18. The van der Waals surface area contributed by atoms with Crippen molar-refractivity contribution >= 4 is 33.4 Å². The number of nitrogens with zero attached hydrogens (tertiary/aromatic N) is 3. The molecule has 0 saturated carbocycles. The molecule has 7 heteroatoms. The van der Waals surface area contributed by atoms with Crippen LogP contribution in [0.25, 0.3) is 21.7 Å². The molecule has 0 bridgehead atoms. The average Bonchev–Trinajstić information content (AvgIpc) is 2.87. The highest BCUT2D eigenvalue weighted by molar-refractivity contribution is 5.94. The highest BCUT2D eigenvalue weighted by Gasteiger charge is 2.09. The number of nitrogens with two attached hydrogens (primary N) is 1. The van der Waals surface area contributed by atoms with E-state index >= 15 is 0 Å². The smallest absolute Gasteiger partial charge is 0.251 e. The lowest BCUT2D eigenvalue weighted by atomic mass is 10.1. The van der Waals surface area contributed by atoms with Crippen LogP contribution in [0.4, 0.5) is 5.82 Å². The molecule has 168 valence electrons. The minimum atomic E-state index is -0.165. The second kappa shape index (κ2) is 9.25. The van der Waals surface area contributed by atoms with Gasteiger partial charge in [0.2, 0.25) is 0 Å². The van der Waals surface area contributed by atoms with Crippen LogP contribution in [0.15, 0.2) is 79.3 Å². The van der Waals surface area contributed by atoms with Crippen molar-refractivity contribution in [2.24, 2.45) is 0 Å². The first-order valence-corrected chi connectivity index (χ1v) is 10.9. The van der Waals surface area contributed by atoms with Crippen molar-refractivity contribution in [3.05, 3.63) is 107 Å². The molecule has 7 nitrogen and oxygen atoms in total. The number of anilines is 1. The van der Waals surface area contributed by atoms with E-state index in [2.05, 4.69) is 20.3 Å². The monoisotopic (exact) mass is 449 g/mol. The Hall–Kier alpha value is -4.36. The van der Waals surface area contributed by atoms with Crippen molar-refractivity contribution in [1.82, 2.24) is 20.3 Å². The lowest BCUT2D eigenvalue weighted by Gasteiger charge is -2.09. The van der Waals surface area contributed by atoms with Crippen LogP contribution >= 0.6 is 0 Å². The van der Waals surface area contributed by atoms with Gasteiger partial charge < -0.3 is 16.2 Å². The largest absolute Gasteiger partial charge is 0.392 e. The molecule has 34 heavy (non-hydrogen) atoms. The highest BCUT2D eigenvalue weighted by atomic mass is 16.3. The molecule has 0 saturated heterocycles. The van der Waals surface area contributed by atoms with Gasteiger partial charge in [0.25, 0.3) is 5.91 Å². The van der Waals surface area contributed by atoms with Crippen molar-refractivity contribution in [3.63, 3.8) is 0 Å². The van der Waals surface area contributed by atoms with Gasteiger partial charge in [0, 0.05) is 53.6 Å². The summed E-state index contributed by atoms with van der Waals surface area (Å²) in [5, 5.41) is 15.2. The normalized spacial score (nSPS) is 11.1. The first-order chi connectivity index (χ1) is 16.6. The molecule has 0 spiro atoms. The molecule has 1 amide bonds. The molecule has 5 rings (SSSR count). The molecule has 3 heterocycles. The van der Waals surface area contributed by atoms with Crippen LogP contribution in [0, 0.1) is 0 Å². The molecule has 0 aliphatic carbocycles. The molecule has 3 aromatic heterocycles. The zero-order valence-corrected chi connectivity index (χ0v) is 18.4. The van der Waals surface area contributed by atoms with Crippen molar-refractivity contribution in [2.75, 3.05) is 5.73 Å². The van der Waals surface area contributed by atoms with Gasteiger partial charge in [-0.2, -0.15) is 0 Å². The summed E-state index contributed by atoms with van der Waals surface area (Å²) in [6.07, 6.45) is 5.69. The Morgan fingerprint density at radius 1 is 0.853 bits per heavy atom. The zero-order chi connectivity index (χ0) is 23.5. The average molecular weight is 450 g/mol. The molecule has 0 unspecified atom stereocenters. The molecular formula is C27H23N5O2. The number of carbonyl (C=O) groups is 1. The predicted molar refractivity (Wildman–Crippen MR) is 132 cm³/mol. The van der Waals surface area contributed by atoms with Crippen molar-refractivity contribution < 1.29 is 9.90 Å². The molecule has 0 aliphatic rings. The minimum Gasteiger partial charge on any atom is -0.392 e. The zero-order valence-electron chi connectivity index (χ0n) is 18.4. The molecule has 0 radical (unpaired) electrons. The highest BCUT2D eigenvalue weighted by Crippen LogP contribution is 2.20. The van der Waals surface area contributed by atoms with Gasteiger partial charge in [0.15, 0.2) is 0 Å².